The number of furan rings is 1. The van der Waals surface area contributed by atoms with E-state index in [4.69, 9.17) is 9.15 Å². The van der Waals surface area contributed by atoms with Crippen LogP contribution in [0.3, 0.4) is 0 Å². The molecule has 3 fully saturated rings. The fourth-order valence-electron chi connectivity index (χ4n) is 5.01. The van der Waals surface area contributed by atoms with Crippen LogP contribution in [0.4, 0.5) is 13.2 Å². The minimum Gasteiger partial charge on any atom is -0.496 e. The molecule has 3 aliphatic rings. The number of amides is 3. The quantitative estimate of drug-likeness (QED) is 0.618. The molecule has 0 spiro atoms. The van der Waals surface area contributed by atoms with Crippen LogP contribution in [0.5, 0.6) is 5.75 Å². The van der Waals surface area contributed by atoms with Crippen LogP contribution in [0.2, 0.25) is 0 Å². The van der Waals surface area contributed by atoms with Gasteiger partial charge in [0.25, 0.3) is 5.91 Å². The van der Waals surface area contributed by atoms with Crippen molar-refractivity contribution in [3.05, 3.63) is 54.0 Å². The molecule has 1 unspecified atom stereocenters. The molecule has 4 atom stereocenters. The van der Waals surface area contributed by atoms with Gasteiger partial charge >= 0.3 is 6.18 Å². The SMILES string of the molecule is COc1ccccc1C(NC(=O)[C@H]1C[C@H]2CC[C@@H]1N(C(=O)CNC(=O)c1ccco1)C2)C(F)(F)F. The van der Waals surface area contributed by atoms with Crippen molar-refractivity contribution < 1.29 is 36.7 Å². The Morgan fingerprint density at radius 3 is 2.60 bits per heavy atom. The van der Waals surface area contributed by atoms with Crippen LogP contribution in [0, 0.1) is 11.8 Å². The van der Waals surface area contributed by atoms with Crippen LogP contribution in [0.25, 0.3) is 0 Å². The number of ether oxygens (including phenoxy) is 1. The van der Waals surface area contributed by atoms with E-state index >= 15 is 0 Å². The Bertz CT molecular complexity index is 1070. The lowest BCUT2D eigenvalue weighted by Crippen LogP contribution is -2.60. The first kappa shape index (κ1) is 24.6. The molecule has 1 aliphatic carbocycles. The number of hydrogen-bond acceptors (Lipinski definition) is 5. The smallest absolute Gasteiger partial charge is 0.413 e. The van der Waals surface area contributed by atoms with Gasteiger partial charge in [-0.25, -0.2) is 0 Å². The van der Waals surface area contributed by atoms with Crippen molar-refractivity contribution in [3.63, 3.8) is 0 Å². The summed E-state index contributed by atoms with van der Waals surface area (Å²) in [5.41, 5.74) is -0.189. The van der Waals surface area contributed by atoms with Crippen molar-refractivity contribution in [1.29, 1.82) is 0 Å². The van der Waals surface area contributed by atoms with Gasteiger partial charge in [0.15, 0.2) is 11.8 Å². The van der Waals surface area contributed by atoms with Gasteiger partial charge in [0.1, 0.15) is 5.75 Å². The third-order valence-corrected chi connectivity index (χ3v) is 6.64. The highest BCUT2D eigenvalue weighted by molar-refractivity contribution is 5.94. The number of carbonyl (C=O) groups excluding carboxylic acids is 3. The molecule has 5 rings (SSSR count). The summed E-state index contributed by atoms with van der Waals surface area (Å²) >= 11 is 0. The van der Waals surface area contributed by atoms with Crippen LogP contribution in [0.1, 0.15) is 41.4 Å². The van der Waals surface area contributed by atoms with Gasteiger partial charge in [0.2, 0.25) is 11.8 Å². The Kier molecular flexibility index (Phi) is 7.04. The van der Waals surface area contributed by atoms with Gasteiger partial charge in [-0.05, 0) is 43.4 Å². The molecular formula is C24H26F3N3O5. The Hall–Kier alpha value is -3.50. The number of methoxy groups -OCH3 is 1. The van der Waals surface area contributed by atoms with Gasteiger partial charge in [-0.3, -0.25) is 14.4 Å². The van der Waals surface area contributed by atoms with Crippen molar-refractivity contribution in [2.75, 3.05) is 20.2 Å². The van der Waals surface area contributed by atoms with Gasteiger partial charge in [-0.15, -0.1) is 0 Å². The topological polar surface area (TPSA) is 101 Å². The van der Waals surface area contributed by atoms with Gasteiger partial charge in [-0.1, -0.05) is 18.2 Å². The van der Waals surface area contributed by atoms with Gasteiger partial charge in [0.05, 0.1) is 25.8 Å². The first-order valence-corrected chi connectivity index (χ1v) is 11.3. The number of para-hydroxylation sites is 1. The molecule has 11 heteroatoms. The first-order valence-electron chi connectivity index (χ1n) is 11.3. The highest BCUT2D eigenvalue weighted by Gasteiger charge is 2.49. The average Bonchev–Trinajstić information content (AvgIpc) is 3.40. The maximum Gasteiger partial charge on any atom is 0.413 e. The van der Waals surface area contributed by atoms with Crippen molar-refractivity contribution in [2.24, 2.45) is 11.8 Å². The number of fused-ring (bicyclic) bond motifs is 3. The van der Waals surface area contributed by atoms with Crippen LogP contribution in [-0.4, -0.2) is 55.0 Å². The normalized spacial score (nSPS) is 22.4. The molecule has 1 aromatic carbocycles. The Labute approximate surface area is 199 Å². The summed E-state index contributed by atoms with van der Waals surface area (Å²) in [7, 11) is 1.27. The molecule has 8 nitrogen and oxygen atoms in total. The monoisotopic (exact) mass is 493 g/mol. The molecular weight excluding hydrogens is 467 g/mol. The van der Waals surface area contributed by atoms with Gasteiger partial charge < -0.3 is 24.7 Å². The zero-order valence-electron chi connectivity index (χ0n) is 19.0. The van der Waals surface area contributed by atoms with Crippen LogP contribution in [-0.2, 0) is 9.59 Å². The summed E-state index contributed by atoms with van der Waals surface area (Å²) in [6.07, 6.45) is -1.72. The summed E-state index contributed by atoms with van der Waals surface area (Å²) in [4.78, 5) is 39.6. The Balaban J connectivity index is 1.46. The van der Waals surface area contributed by atoms with Crippen LogP contribution < -0.4 is 15.4 Å². The predicted octanol–water partition coefficient (Wildman–Crippen LogP) is 3.06. The lowest BCUT2D eigenvalue weighted by atomic mass is 9.72. The zero-order valence-corrected chi connectivity index (χ0v) is 19.0. The number of nitrogens with one attached hydrogen (secondary N) is 2. The van der Waals surface area contributed by atoms with Crippen molar-refractivity contribution in [2.45, 2.75) is 37.5 Å². The molecule has 0 radical (unpaired) electrons. The minimum atomic E-state index is -4.75. The molecule has 1 aromatic heterocycles. The molecule has 3 amide bonds. The second kappa shape index (κ2) is 10.0. The van der Waals surface area contributed by atoms with E-state index in [0.717, 1.165) is 6.42 Å². The lowest BCUT2D eigenvalue weighted by Gasteiger charge is -2.49. The Morgan fingerprint density at radius 2 is 1.94 bits per heavy atom. The third kappa shape index (κ3) is 5.28. The largest absolute Gasteiger partial charge is 0.496 e. The molecule has 1 saturated carbocycles. The molecule has 2 saturated heterocycles. The summed E-state index contributed by atoms with van der Waals surface area (Å²) in [6.45, 7) is 0.0998. The maximum atomic E-state index is 14.0. The van der Waals surface area contributed by atoms with Crippen LogP contribution in [0.15, 0.2) is 47.1 Å². The van der Waals surface area contributed by atoms with Gasteiger partial charge in [-0.2, -0.15) is 13.2 Å². The fourth-order valence-corrected chi connectivity index (χ4v) is 5.01. The summed E-state index contributed by atoms with van der Waals surface area (Å²) in [5.74, 6) is -2.42. The number of carbonyl (C=O) groups is 3. The average molecular weight is 493 g/mol. The first-order chi connectivity index (χ1) is 16.7. The second-order valence-electron chi connectivity index (χ2n) is 8.78. The van der Waals surface area contributed by atoms with E-state index in [1.165, 1.54) is 42.5 Å². The molecule has 3 heterocycles. The fraction of sp³-hybridized carbons (Fsp3) is 0.458. The van der Waals surface area contributed by atoms with E-state index in [-0.39, 0.29) is 29.5 Å². The second-order valence-corrected chi connectivity index (χ2v) is 8.78. The Morgan fingerprint density at radius 1 is 1.17 bits per heavy atom. The summed E-state index contributed by atoms with van der Waals surface area (Å²) < 4.78 is 51.9. The lowest BCUT2D eigenvalue weighted by molar-refractivity contribution is -0.168. The van der Waals surface area contributed by atoms with E-state index in [1.807, 2.05) is 0 Å². The van der Waals surface area contributed by atoms with Crippen molar-refractivity contribution in [3.8, 4) is 5.75 Å². The highest BCUT2D eigenvalue weighted by atomic mass is 19.4. The zero-order chi connectivity index (χ0) is 25.2. The number of nitrogens with zero attached hydrogens (tertiary/aromatic N) is 1. The molecule has 188 valence electrons. The van der Waals surface area contributed by atoms with E-state index in [9.17, 15) is 27.6 Å². The minimum absolute atomic E-state index is 0.00364. The van der Waals surface area contributed by atoms with Crippen molar-refractivity contribution in [1.82, 2.24) is 15.5 Å². The maximum absolute atomic E-state index is 14.0. The van der Waals surface area contributed by atoms with Crippen molar-refractivity contribution >= 4 is 17.7 Å². The molecule has 35 heavy (non-hydrogen) atoms. The molecule has 2 bridgehead atoms. The number of hydrogen-bond donors (Lipinski definition) is 2. The van der Waals surface area contributed by atoms with E-state index in [1.54, 1.807) is 12.1 Å². The van der Waals surface area contributed by atoms with Gasteiger partial charge in [0, 0.05) is 18.2 Å². The molecule has 2 N–H and O–H groups in total. The molecule has 2 aliphatic heterocycles. The summed E-state index contributed by atoms with van der Waals surface area (Å²) in [6, 6.07) is 5.88. The third-order valence-electron chi connectivity index (χ3n) is 6.64. The number of piperidine rings is 2. The molecule has 2 aromatic rings. The van der Waals surface area contributed by atoms with E-state index in [0.29, 0.717) is 19.4 Å². The standard InChI is InChI=1S/C24H26F3N3O5/c1-34-18-6-3-2-5-15(18)21(24(25,26)27)29-22(32)16-11-14-8-9-17(16)30(13-14)20(31)12-28-23(33)19-7-4-10-35-19/h2-7,10,14,16-17,21H,8-9,11-13H2,1H3,(H,28,33)(H,29,32)/t14-,16+,17+,21?/m1/s1. The summed E-state index contributed by atoms with van der Waals surface area (Å²) in [5, 5.41) is 4.65. The van der Waals surface area contributed by atoms with E-state index in [2.05, 4.69) is 10.6 Å². The number of benzene rings is 1. The number of halogens is 3. The highest BCUT2D eigenvalue weighted by Crippen LogP contribution is 2.41. The van der Waals surface area contributed by atoms with E-state index < -0.39 is 41.9 Å². The predicted molar refractivity (Wildman–Crippen MR) is 117 cm³/mol. The number of rotatable bonds is 7. The van der Waals surface area contributed by atoms with Crippen LogP contribution >= 0.6 is 0 Å². The number of alkyl halides is 3.